The van der Waals surface area contributed by atoms with E-state index in [-0.39, 0.29) is 5.91 Å². The molecule has 0 saturated heterocycles. The number of fused-ring (bicyclic) bond motifs is 1. The lowest BCUT2D eigenvalue weighted by molar-refractivity contribution is 0.0987. The molecule has 3 rings (SSSR count). The standard InChI is InChI=1S/C17H15BrN4OS/c1-4-8-21-13-7-6-12(18)10-15(13)24-17(21)19-16(23)14-9-11(3)20-22(14)5-2/h1,6-7,9-10H,5,8H2,2-3H3. The largest absolute Gasteiger partial charge is 0.305 e. The molecule has 0 bridgehead atoms. The van der Waals surface area contributed by atoms with Gasteiger partial charge in [0.2, 0.25) is 0 Å². The van der Waals surface area contributed by atoms with Gasteiger partial charge in [-0.05, 0) is 38.1 Å². The van der Waals surface area contributed by atoms with Crippen LogP contribution in [0.2, 0.25) is 0 Å². The third kappa shape index (κ3) is 3.07. The molecule has 0 unspecified atom stereocenters. The summed E-state index contributed by atoms with van der Waals surface area (Å²) in [4.78, 5) is 17.5. The maximum atomic E-state index is 12.6. The number of carbonyl (C=O) groups excluding carboxylic acids is 1. The van der Waals surface area contributed by atoms with Gasteiger partial charge in [0.15, 0.2) is 4.80 Å². The summed E-state index contributed by atoms with van der Waals surface area (Å²) in [6.45, 7) is 4.78. The zero-order chi connectivity index (χ0) is 17.3. The Bertz CT molecular complexity index is 1040. The third-order valence-corrected chi connectivity index (χ3v) is 5.05. The van der Waals surface area contributed by atoms with Gasteiger partial charge in [-0.15, -0.1) is 6.42 Å². The summed E-state index contributed by atoms with van der Waals surface area (Å²) >= 11 is 4.90. The first-order valence-electron chi connectivity index (χ1n) is 7.39. The predicted octanol–water partition coefficient (Wildman–Crippen LogP) is 3.36. The van der Waals surface area contributed by atoms with Crippen molar-refractivity contribution in [1.29, 1.82) is 0 Å². The molecule has 0 atom stereocenters. The van der Waals surface area contributed by atoms with E-state index in [0.717, 1.165) is 20.4 Å². The van der Waals surface area contributed by atoms with Gasteiger partial charge in [-0.25, -0.2) is 0 Å². The molecule has 0 radical (unpaired) electrons. The van der Waals surface area contributed by atoms with Crippen LogP contribution in [0.3, 0.4) is 0 Å². The van der Waals surface area contributed by atoms with E-state index in [2.05, 4.69) is 31.9 Å². The molecule has 122 valence electrons. The highest BCUT2D eigenvalue weighted by Crippen LogP contribution is 2.22. The number of aryl methyl sites for hydroxylation is 2. The fraction of sp³-hybridized carbons (Fsp3) is 0.235. The van der Waals surface area contributed by atoms with Crippen LogP contribution in [0.15, 0.2) is 33.7 Å². The van der Waals surface area contributed by atoms with E-state index in [1.54, 1.807) is 10.7 Å². The van der Waals surface area contributed by atoms with Crippen LogP contribution in [-0.2, 0) is 13.1 Å². The molecule has 1 amide bonds. The number of hydrogen-bond donors (Lipinski definition) is 0. The van der Waals surface area contributed by atoms with Gasteiger partial charge in [-0.3, -0.25) is 9.48 Å². The highest BCUT2D eigenvalue weighted by molar-refractivity contribution is 9.10. The summed E-state index contributed by atoms with van der Waals surface area (Å²) in [7, 11) is 0. The van der Waals surface area contributed by atoms with Crippen LogP contribution in [0.5, 0.6) is 0 Å². The van der Waals surface area contributed by atoms with E-state index in [9.17, 15) is 4.79 Å². The number of aromatic nitrogens is 3. The lowest BCUT2D eigenvalue weighted by Gasteiger charge is -2.01. The van der Waals surface area contributed by atoms with Crippen molar-refractivity contribution >= 4 is 43.4 Å². The molecule has 2 aromatic heterocycles. The zero-order valence-electron chi connectivity index (χ0n) is 13.3. The van der Waals surface area contributed by atoms with Crippen LogP contribution >= 0.6 is 27.3 Å². The second kappa shape index (κ2) is 6.75. The Labute approximate surface area is 151 Å². The Balaban J connectivity index is 2.17. The molecule has 24 heavy (non-hydrogen) atoms. The normalized spacial score (nSPS) is 11.8. The van der Waals surface area contributed by atoms with Gasteiger partial charge >= 0.3 is 0 Å². The minimum absolute atomic E-state index is 0.311. The summed E-state index contributed by atoms with van der Waals surface area (Å²) in [6, 6.07) is 7.67. The number of thiazole rings is 1. The quantitative estimate of drug-likeness (QED) is 0.630. The third-order valence-electron chi connectivity index (χ3n) is 3.51. The Morgan fingerprint density at radius 1 is 1.46 bits per heavy atom. The van der Waals surface area contributed by atoms with Crippen molar-refractivity contribution in [2.24, 2.45) is 4.99 Å². The first-order chi connectivity index (χ1) is 11.5. The van der Waals surface area contributed by atoms with Crippen molar-refractivity contribution in [1.82, 2.24) is 14.3 Å². The summed E-state index contributed by atoms with van der Waals surface area (Å²) < 4.78 is 5.54. The van der Waals surface area contributed by atoms with Crippen LogP contribution in [0.4, 0.5) is 0 Å². The molecule has 5 nitrogen and oxygen atoms in total. The number of terminal acetylenes is 1. The van der Waals surface area contributed by atoms with E-state index in [0.29, 0.717) is 23.6 Å². The summed E-state index contributed by atoms with van der Waals surface area (Å²) in [5, 5.41) is 4.30. The summed E-state index contributed by atoms with van der Waals surface area (Å²) in [5.74, 6) is 2.31. The number of carbonyl (C=O) groups is 1. The molecule has 0 aliphatic heterocycles. The topological polar surface area (TPSA) is 52.2 Å². The van der Waals surface area contributed by atoms with Crippen molar-refractivity contribution in [3.05, 3.63) is 44.9 Å². The predicted molar refractivity (Wildman–Crippen MR) is 98.9 cm³/mol. The number of nitrogens with zero attached hydrogens (tertiary/aromatic N) is 4. The molecule has 0 fully saturated rings. The number of rotatable bonds is 3. The molecule has 2 heterocycles. The van der Waals surface area contributed by atoms with Gasteiger partial charge in [0.25, 0.3) is 5.91 Å². The summed E-state index contributed by atoms with van der Waals surface area (Å²) in [5.41, 5.74) is 2.25. The van der Waals surface area contributed by atoms with Gasteiger partial charge in [0.05, 0.1) is 22.5 Å². The lowest BCUT2D eigenvalue weighted by Crippen LogP contribution is -2.18. The van der Waals surface area contributed by atoms with Gasteiger partial charge in [0.1, 0.15) is 5.69 Å². The number of hydrogen-bond acceptors (Lipinski definition) is 3. The highest BCUT2D eigenvalue weighted by atomic mass is 79.9. The lowest BCUT2D eigenvalue weighted by atomic mass is 10.3. The van der Waals surface area contributed by atoms with Gasteiger partial charge in [-0.1, -0.05) is 33.2 Å². The molecular weight excluding hydrogens is 388 g/mol. The van der Waals surface area contributed by atoms with E-state index in [1.165, 1.54) is 11.3 Å². The fourth-order valence-electron chi connectivity index (χ4n) is 2.48. The minimum atomic E-state index is -0.311. The molecule has 3 aromatic rings. The number of amides is 1. The minimum Gasteiger partial charge on any atom is -0.305 e. The van der Waals surface area contributed by atoms with Crippen molar-refractivity contribution < 1.29 is 4.79 Å². The van der Waals surface area contributed by atoms with E-state index in [1.807, 2.05) is 36.6 Å². The maximum Gasteiger partial charge on any atom is 0.297 e. The van der Waals surface area contributed by atoms with Gasteiger partial charge in [0, 0.05) is 11.0 Å². The Kier molecular flexibility index (Phi) is 4.69. The molecule has 0 N–H and O–H groups in total. The van der Waals surface area contributed by atoms with Crippen molar-refractivity contribution in [2.45, 2.75) is 26.9 Å². The molecular formula is C17H15BrN4OS. The second-order valence-electron chi connectivity index (χ2n) is 5.19. The molecule has 0 aliphatic rings. The Morgan fingerprint density at radius 2 is 2.25 bits per heavy atom. The molecule has 0 spiro atoms. The van der Waals surface area contributed by atoms with E-state index >= 15 is 0 Å². The van der Waals surface area contributed by atoms with Crippen molar-refractivity contribution in [3.63, 3.8) is 0 Å². The first-order valence-corrected chi connectivity index (χ1v) is 9.00. The summed E-state index contributed by atoms with van der Waals surface area (Å²) in [6.07, 6.45) is 5.48. The molecule has 0 aliphatic carbocycles. The smallest absolute Gasteiger partial charge is 0.297 e. The number of benzene rings is 1. The zero-order valence-corrected chi connectivity index (χ0v) is 15.7. The highest BCUT2D eigenvalue weighted by Gasteiger charge is 2.14. The average Bonchev–Trinajstić information content (AvgIpc) is 3.08. The van der Waals surface area contributed by atoms with Crippen LogP contribution in [0.1, 0.15) is 23.1 Å². The Morgan fingerprint density at radius 3 is 2.96 bits per heavy atom. The van der Waals surface area contributed by atoms with Crippen molar-refractivity contribution in [3.8, 4) is 12.3 Å². The van der Waals surface area contributed by atoms with Crippen LogP contribution in [0.25, 0.3) is 10.2 Å². The second-order valence-corrected chi connectivity index (χ2v) is 7.12. The molecule has 1 aromatic carbocycles. The van der Waals surface area contributed by atoms with Crippen molar-refractivity contribution in [2.75, 3.05) is 0 Å². The Hall–Kier alpha value is -2.17. The number of halogens is 1. The molecule has 0 saturated carbocycles. The van der Waals surface area contributed by atoms with Gasteiger partial charge in [-0.2, -0.15) is 10.1 Å². The van der Waals surface area contributed by atoms with Crippen LogP contribution < -0.4 is 4.80 Å². The SMILES string of the molecule is C#CCn1c(=NC(=O)c2cc(C)nn2CC)sc2cc(Br)ccc21. The maximum absolute atomic E-state index is 12.6. The van der Waals surface area contributed by atoms with Gasteiger partial charge < -0.3 is 4.57 Å². The van der Waals surface area contributed by atoms with Crippen LogP contribution in [-0.4, -0.2) is 20.3 Å². The van der Waals surface area contributed by atoms with E-state index in [4.69, 9.17) is 6.42 Å². The van der Waals surface area contributed by atoms with E-state index < -0.39 is 0 Å². The first kappa shape index (κ1) is 16.7. The molecule has 7 heteroatoms. The average molecular weight is 403 g/mol. The monoisotopic (exact) mass is 402 g/mol. The van der Waals surface area contributed by atoms with Crippen LogP contribution in [0, 0.1) is 19.3 Å². The fourth-order valence-corrected chi connectivity index (χ4v) is 4.06.